The standard InChI is InChI=1S/C22H27ClN2O/c1-3-16(2)17-7-9-20(10-8-17)24-22(26)18-11-13-25(14-12-18)21-6-4-5-19(23)15-21/h4-10,15-16,18H,3,11-14H2,1-2H3,(H,24,26). The predicted molar refractivity (Wildman–Crippen MR) is 110 cm³/mol. The van der Waals surface area contributed by atoms with Gasteiger partial charge in [-0.2, -0.15) is 0 Å². The normalized spacial score (nSPS) is 16.3. The molecule has 0 aliphatic carbocycles. The van der Waals surface area contributed by atoms with E-state index in [-0.39, 0.29) is 11.8 Å². The molecule has 1 N–H and O–H groups in total. The summed E-state index contributed by atoms with van der Waals surface area (Å²) in [4.78, 5) is 14.9. The molecule has 0 radical (unpaired) electrons. The monoisotopic (exact) mass is 370 g/mol. The number of halogens is 1. The number of nitrogens with one attached hydrogen (secondary N) is 1. The van der Waals surface area contributed by atoms with E-state index in [0.717, 1.165) is 48.7 Å². The van der Waals surface area contributed by atoms with E-state index in [1.807, 2.05) is 30.3 Å². The maximum atomic E-state index is 12.6. The van der Waals surface area contributed by atoms with Crippen LogP contribution in [0.1, 0.15) is 44.6 Å². The number of hydrogen-bond acceptors (Lipinski definition) is 2. The average molecular weight is 371 g/mol. The van der Waals surface area contributed by atoms with Crippen molar-refractivity contribution in [1.82, 2.24) is 0 Å². The average Bonchev–Trinajstić information content (AvgIpc) is 2.68. The molecule has 1 unspecified atom stereocenters. The van der Waals surface area contributed by atoms with E-state index in [1.54, 1.807) is 0 Å². The third kappa shape index (κ3) is 4.59. The predicted octanol–water partition coefficient (Wildman–Crippen LogP) is 5.71. The second kappa shape index (κ2) is 8.59. The molecule has 1 fully saturated rings. The van der Waals surface area contributed by atoms with Crippen LogP contribution in [0.15, 0.2) is 48.5 Å². The summed E-state index contributed by atoms with van der Waals surface area (Å²) in [5.41, 5.74) is 3.34. The van der Waals surface area contributed by atoms with E-state index in [0.29, 0.717) is 5.92 Å². The van der Waals surface area contributed by atoms with Gasteiger partial charge in [-0.05, 0) is 61.1 Å². The number of hydrogen-bond donors (Lipinski definition) is 1. The minimum Gasteiger partial charge on any atom is -0.371 e. The van der Waals surface area contributed by atoms with E-state index in [1.165, 1.54) is 5.56 Å². The molecule has 138 valence electrons. The minimum atomic E-state index is 0.0691. The Morgan fingerprint density at radius 3 is 2.50 bits per heavy atom. The largest absolute Gasteiger partial charge is 0.371 e. The van der Waals surface area contributed by atoms with Crippen LogP contribution >= 0.6 is 11.6 Å². The number of amides is 1. The van der Waals surface area contributed by atoms with Crippen LogP contribution in [-0.2, 0) is 4.79 Å². The number of benzene rings is 2. The van der Waals surface area contributed by atoms with Crippen LogP contribution in [0.25, 0.3) is 0 Å². The zero-order valence-corrected chi connectivity index (χ0v) is 16.3. The third-order valence-electron chi connectivity index (χ3n) is 5.40. The molecule has 1 aliphatic rings. The van der Waals surface area contributed by atoms with Crippen molar-refractivity contribution in [1.29, 1.82) is 0 Å². The van der Waals surface area contributed by atoms with Gasteiger partial charge in [0.15, 0.2) is 0 Å². The Bertz CT molecular complexity index is 736. The summed E-state index contributed by atoms with van der Waals surface area (Å²) in [5.74, 6) is 0.752. The Morgan fingerprint density at radius 1 is 1.19 bits per heavy atom. The second-order valence-corrected chi connectivity index (χ2v) is 7.60. The van der Waals surface area contributed by atoms with Crippen molar-refractivity contribution in [2.24, 2.45) is 5.92 Å². The molecule has 1 heterocycles. The number of nitrogens with zero attached hydrogens (tertiary/aromatic N) is 1. The summed E-state index contributed by atoms with van der Waals surface area (Å²) < 4.78 is 0. The van der Waals surface area contributed by atoms with Crippen molar-refractivity contribution in [3.8, 4) is 0 Å². The molecule has 0 saturated carbocycles. The first kappa shape index (κ1) is 18.8. The summed E-state index contributed by atoms with van der Waals surface area (Å²) in [7, 11) is 0. The maximum absolute atomic E-state index is 12.6. The van der Waals surface area contributed by atoms with Crippen molar-refractivity contribution in [3.05, 3.63) is 59.1 Å². The van der Waals surface area contributed by atoms with E-state index in [2.05, 4.69) is 42.3 Å². The molecular weight excluding hydrogens is 344 g/mol. The quantitative estimate of drug-likeness (QED) is 0.731. The SMILES string of the molecule is CCC(C)c1ccc(NC(=O)C2CCN(c3cccc(Cl)c3)CC2)cc1. The van der Waals surface area contributed by atoms with E-state index < -0.39 is 0 Å². The second-order valence-electron chi connectivity index (χ2n) is 7.16. The summed E-state index contributed by atoms with van der Waals surface area (Å²) in [6.07, 6.45) is 2.85. The first-order valence-corrected chi connectivity index (χ1v) is 9.86. The van der Waals surface area contributed by atoms with Gasteiger partial charge in [-0.1, -0.05) is 43.6 Å². The lowest BCUT2D eigenvalue weighted by Gasteiger charge is -2.33. The third-order valence-corrected chi connectivity index (χ3v) is 5.63. The van der Waals surface area contributed by atoms with Gasteiger partial charge in [-0.25, -0.2) is 0 Å². The zero-order valence-electron chi connectivity index (χ0n) is 15.5. The highest BCUT2D eigenvalue weighted by Crippen LogP contribution is 2.26. The lowest BCUT2D eigenvalue weighted by molar-refractivity contribution is -0.120. The van der Waals surface area contributed by atoms with Gasteiger partial charge in [-0.15, -0.1) is 0 Å². The van der Waals surface area contributed by atoms with Crippen molar-refractivity contribution >= 4 is 28.9 Å². The smallest absolute Gasteiger partial charge is 0.227 e. The number of carbonyl (C=O) groups excluding carboxylic acids is 1. The fourth-order valence-electron chi connectivity index (χ4n) is 3.45. The Morgan fingerprint density at radius 2 is 1.88 bits per heavy atom. The highest BCUT2D eigenvalue weighted by molar-refractivity contribution is 6.30. The van der Waals surface area contributed by atoms with Crippen LogP contribution in [0.4, 0.5) is 11.4 Å². The Balaban J connectivity index is 1.53. The molecule has 2 aromatic carbocycles. The fraction of sp³-hybridized carbons (Fsp3) is 0.409. The molecule has 3 rings (SSSR count). The molecule has 1 aliphatic heterocycles. The van der Waals surface area contributed by atoms with Crippen molar-refractivity contribution in [2.75, 3.05) is 23.3 Å². The highest BCUT2D eigenvalue weighted by Gasteiger charge is 2.25. The van der Waals surface area contributed by atoms with E-state index >= 15 is 0 Å². The molecular formula is C22H27ClN2O. The number of piperidine rings is 1. The molecule has 26 heavy (non-hydrogen) atoms. The summed E-state index contributed by atoms with van der Waals surface area (Å²) in [6, 6.07) is 16.2. The topological polar surface area (TPSA) is 32.3 Å². The molecule has 1 amide bonds. The Hall–Kier alpha value is -2.00. The van der Waals surface area contributed by atoms with Gasteiger partial charge in [-0.3, -0.25) is 4.79 Å². The van der Waals surface area contributed by atoms with Crippen LogP contribution in [0.3, 0.4) is 0 Å². The van der Waals surface area contributed by atoms with Gasteiger partial charge in [0.1, 0.15) is 0 Å². The maximum Gasteiger partial charge on any atom is 0.227 e. The van der Waals surface area contributed by atoms with Crippen LogP contribution < -0.4 is 10.2 Å². The summed E-state index contributed by atoms with van der Waals surface area (Å²) in [5, 5.41) is 3.83. The lowest BCUT2D eigenvalue weighted by atomic mass is 9.95. The summed E-state index contributed by atoms with van der Waals surface area (Å²) in [6.45, 7) is 6.17. The Kier molecular flexibility index (Phi) is 6.20. The fourth-order valence-corrected chi connectivity index (χ4v) is 3.63. The molecule has 0 bridgehead atoms. The van der Waals surface area contributed by atoms with Crippen molar-refractivity contribution in [3.63, 3.8) is 0 Å². The van der Waals surface area contributed by atoms with Crippen LogP contribution in [0.2, 0.25) is 5.02 Å². The van der Waals surface area contributed by atoms with Gasteiger partial charge in [0.25, 0.3) is 0 Å². The first-order valence-electron chi connectivity index (χ1n) is 9.48. The molecule has 0 spiro atoms. The van der Waals surface area contributed by atoms with Gasteiger partial charge in [0, 0.05) is 35.4 Å². The molecule has 2 aromatic rings. The molecule has 1 saturated heterocycles. The van der Waals surface area contributed by atoms with Gasteiger partial charge < -0.3 is 10.2 Å². The summed E-state index contributed by atoms with van der Waals surface area (Å²) >= 11 is 6.08. The molecule has 4 heteroatoms. The van der Waals surface area contributed by atoms with Crippen molar-refractivity contribution < 1.29 is 4.79 Å². The molecule has 1 atom stereocenters. The lowest BCUT2D eigenvalue weighted by Crippen LogP contribution is -2.38. The minimum absolute atomic E-state index is 0.0691. The molecule has 3 nitrogen and oxygen atoms in total. The van der Waals surface area contributed by atoms with Gasteiger partial charge >= 0.3 is 0 Å². The molecule has 0 aromatic heterocycles. The van der Waals surface area contributed by atoms with Crippen LogP contribution in [0, 0.1) is 5.92 Å². The first-order chi connectivity index (χ1) is 12.6. The van der Waals surface area contributed by atoms with Crippen LogP contribution in [0.5, 0.6) is 0 Å². The van der Waals surface area contributed by atoms with Crippen molar-refractivity contribution in [2.45, 2.75) is 39.0 Å². The number of carbonyl (C=O) groups is 1. The van der Waals surface area contributed by atoms with Gasteiger partial charge in [0.05, 0.1) is 0 Å². The Labute approximate surface area is 161 Å². The van der Waals surface area contributed by atoms with E-state index in [4.69, 9.17) is 11.6 Å². The van der Waals surface area contributed by atoms with Gasteiger partial charge in [0.2, 0.25) is 5.91 Å². The number of rotatable bonds is 5. The highest BCUT2D eigenvalue weighted by atomic mass is 35.5. The number of anilines is 2. The zero-order chi connectivity index (χ0) is 18.5. The van der Waals surface area contributed by atoms with Crippen LogP contribution in [-0.4, -0.2) is 19.0 Å². The van der Waals surface area contributed by atoms with E-state index in [9.17, 15) is 4.79 Å².